The van der Waals surface area contributed by atoms with E-state index < -0.39 is 6.10 Å². The molecule has 6 nitrogen and oxygen atoms in total. The van der Waals surface area contributed by atoms with Crippen molar-refractivity contribution < 1.29 is 19.1 Å². The van der Waals surface area contributed by atoms with E-state index in [0.717, 1.165) is 5.76 Å². The predicted molar refractivity (Wildman–Crippen MR) is 61.5 cm³/mol. The fourth-order valence-electron chi connectivity index (χ4n) is 1.24. The fraction of sp³-hybridized carbons (Fsp3) is 0.727. The maximum atomic E-state index is 9.56. The van der Waals surface area contributed by atoms with Crippen LogP contribution in [0.1, 0.15) is 12.7 Å². The monoisotopic (exact) mass is 244 g/mol. The van der Waals surface area contributed by atoms with E-state index in [2.05, 4.69) is 10.5 Å². The van der Waals surface area contributed by atoms with Crippen molar-refractivity contribution in [3.63, 3.8) is 0 Å². The second-order valence-electron chi connectivity index (χ2n) is 3.54. The molecule has 6 heteroatoms. The lowest BCUT2D eigenvalue weighted by Gasteiger charge is -2.11. The molecule has 0 fully saturated rings. The third-order valence-electron chi connectivity index (χ3n) is 2.06. The Kier molecular flexibility index (Phi) is 7.57. The fourth-order valence-corrected chi connectivity index (χ4v) is 1.24. The Balaban J connectivity index is 1.92. The average Bonchev–Trinajstić information content (AvgIpc) is 2.82. The molecule has 98 valence electrons. The van der Waals surface area contributed by atoms with Crippen molar-refractivity contribution in [2.24, 2.45) is 0 Å². The number of nitrogens with zero attached hydrogens (tertiary/aromatic N) is 1. The molecule has 0 amide bonds. The van der Waals surface area contributed by atoms with E-state index in [1.807, 2.05) is 6.92 Å². The van der Waals surface area contributed by atoms with E-state index in [4.69, 9.17) is 14.0 Å². The second-order valence-corrected chi connectivity index (χ2v) is 3.54. The number of hydrogen-bond acceptors (Lipinski definition) is 6. The standard InChI is InChI=1S/C11H20N2O4/c1-2-15-5-6-16-9-10(14)7-12-8-11-3-4-13-17-11/h3-4,10,12,14H,2,5-9H2,1H3. The minimum absolute atomic E-state index is 0.302. The van der Waals surface area contributed by atoms with E-state index in [1.54, 1.807) is 12.3 Å². The number of aliphatic hydroxyl groups excluding tert-OH is 1. The summed E-state index contributed by atoms with van der Waals surface area (Å²) in [6.07, 6.45) is 1.06. The zero-order valence-electron chi connectivity index (χ0n) is 10.1. The molecule has 0 aliphatic carbocycles. The first kappa shape index (κ1) is 14.1. The summed E-state index contributed by atoms with van der Waals surface area (Å²) < 4.78 is 15.2. The molecule has 1 unspecified atom stereocenters. The van der Waals surface area contributed by atoms with Gasteiger partial charge in [-0.2, -0.15) is 0 Å². The smallest absolute Gasteiger partial charge is 0.150 e. The maximum Gasteiger partial charge on any atom is 0.150 e. The summed E-state index contributed by atoms with van der Waals surface area (Å²) >= 11 is 0. The van der Waals surface area contributed by atoms with Gasteiger partial charge in [0, 0.05) is 19.2 Å². The summed E-state index contributed by atoms with van der Waals surface area (Å²) in [5.41, 5.74) is 0. The van der Waals surface area contributed by atoms with Crippen molar-refractivity contribution in [1.82, 2.24) is 10.5 Å². The Hall–Kier alpha value is -0.950. The molecule has 0 aliphatic heterocycles. The van der Waals surface area contributed by atoms with Gasteiger partial charge in [-0.15, -0.1) is 0 Å². The van der Waals surface area contributed by atoms with Crippen LogP contribution in [-0.4, -0.2) is 49.3 Å². The highest BCUT2D eigenvalue weighted by Gasteiger charge is 2.04. The molecule has 1 aromatic rings. The molecular formula is C11H20N2O4. The van der Waals surface area contributed by atoms with Crippen molar-refractivity contribution >= 4 is 0 Å². The van der Waals surface area contributed by atoms with Crippen LogP contribution in [0.25, 0.3) is 0 Å². The van der Waals surface area contributed by atoms with Gasteiger partial charge >= 0.3 is 0 Å². The van der Waals surface area contributed by atoms with E-state index in [9.17, 15) is 5.11 Å². The van der Waals surface area contributed by atoms with Gasteiger partial charge in [0.2, 0.25) is 0 Å². The zero-order valence-corrected chi connectivity index (χ0v) is 10.1. The number of ether oxygens (including phenoxy) is 2. The summed E-state index contributed by atoms with van der Waals surface area (Å²) in [5, 5.41) is 16.2. The van der Waals surface area contributed by atoms with E-state index in [-0.39, 0.29) is 0 Å². The van der Waals surface area contributed by atoms with E-state index in [0.29, 0.717) is 39.5 Å². The third-order valence-corrected chi connectivity index (χ3v) is 2.06. The Morgan fingerprint density at radius 1 is 1.47 bits per heavy atom. The van der Waals surface area contributed by atoms with Crippen molar-refractivity contribution in [3.8, 4) is 0 Å². The quantitative estimate of drug-likeness (QED) is 0.572. The molecule has 2 N–H and O–H groups in total. The molecule has 1 atom stereocenters. The first-order valence-corrected chi connectivity index (χ1v) is 5.76. The summed E-state index contributed by atoms with van der Waals surface area (Å²) in [5.74, 6) is 0.745. The van der Waals surface area contributed by atoms with Crippen LogP contribution in [0.4, 0.5) is 0 Å². The van der Waals surface area contributed by atoms with E-state index >= 15 is 0 Å². The van der Waals surface area contributed by atoms with Crippen LogP contribution >= 0.6 is 0 Å². The van der Waals surface area contributed by atoms with Crippen molar-refractivity contribution in [1.29, 1.82) is 0 Å². The SMILES string of the molecule is CCOCCOCC(O)CNCc1ccno1. The van der Waals surface area contributed by atoms with E-state index in [1.165, 1.54) is 0 Å². The number of aromatic nitrogens is 1. The molecule has 0 aromatic carbocycles. The Bertz CT molecular complexity index is 266. The Labute approximate surface area is 101 Å². The highest BCUT2D eigenvalue weighted by atomic mass is 16.5. The summed E-state index contributed by atoms with van der Waals surface area (Å²) in [6, 6.07) is 1.78. The molecule has 0 radical (unpaired) electrons. The van der Waals surface area contributed by atoms with Crippen molar-refractivity contribution in [3.05, 3.63) is 18.0 Å². The number of nitrogens with one attached hydrogen (secondary N) is 1. The lowest BCUT2D eigenvalue weighted by Crippen LogP contribution is -2.30. The lowest BCUT2D eigenvalue weighted by molar-refractivity contribution is 0.00629. The van der Waals surface area contributed by atoms with Crippen molar-refractivity contribution in [2.45, 2.75) is 19.6 Å². The number of aliphatic hydroxyl groups is 1. The summed E-state index contributed by atoms with van der Waals surface area (Å²) in [7, 11) is 0. The highest BCUT2D eigenvalue weighted by Crippen LogP contribution is 1.95. The maximum absolute atomic E-state index is 9.56. The molecule has 17 heavy (non-hydrogen) atoms. The van der Waals surface area contributed by atoms with Crippen LogP contribution in [0.15, 0.2) is 16.8 Å². The highest BCUT2D eigenvalue weighted by molar-refractivity contribution is 4.91. The molecule has 0 saturated carbocycles. The largest absolute Gasteiger partial charge is 0.389 e. The predicted octanol–water partition coefficient (Wildman–Crippen LogP) is 0.178. The van der Waals surface area contributed by atoms with Gasteiger partial charge < -0.3 is 24.4 Å². The van der Waals surface area contributed by atoms with Gasteiger partial charge in [0.25, 0.3) is 0 Å². The van der Waals surface area contributed by atoms with Gasteiger partial charge in [-0.3, -0.25) is 0 Å². The van der Waals surface area contributed by atoms with Crippen LogP contribution in [-0.2, 0) is 16.0 Å². The molecule has 0 bridgehead atoms. The number of rotatable bonds is 10. The number of hydrogen-bond donors (Lipinski definition) is 2. The summed E-state index contributed by atoms with van der Waals surface area (Å²) in [6.45, 7) is 5.00. The van der Waals surface area contributed by atoms with Crippen LogP contribution in [0.2, 0.25) is 0 Å². The zero-order chi connectivity index (χ0) is 12.3. The Morgan fingerprint density at radius 3 is 3.00 bits per heavy atom. The van der Waals surface area contributed by atoms with Crippen LogP contribution < -0.4 is 5.32 Å². The first-order valence-electron chi connectivity index (χ1n) is 5.76. The van der Waals surface area contributed by atoms with Gasteiger partial charge in [0.15, 0.2) is 0 Å². The minimum atomic E-state index is -0.528. The topological polar surface area (TPSA) is 76.8 Å². The minimum Gasteiger partial charge on any atom is -0.389 e. The van der Waals surface area contributed by atoms with Gasteiger partial charge in [0.05, 0.1) is 38.7 Å². The molecule has 1 aromatic heterocycles. The van der Waals surface area contributed by atoms with Gasteiger partial charge in [-0.05, 0) is 6.92 Å². The average molecular weight is 244 g/mol. The molecule has 1 heterocycles. The molecule has 0 saturated heterocycles. The normalized spacial score (nSPS) is 12.8. The van der Waals surface area contributed by atoms with Crippen molar-refractivity contribution in [2.75, 3.05) is 33.0 Å². The van der Waals surface area contributed by atoms with Gasteiger partial charge in [-0.25, -0.2) is 0 Å². The lowest BCUT2D eigenvalue weighted by atomic mass is 10.3. The van der Waals surface area contributed by atoms with Gasteiger partial charge in [-0.1, -0.05) is 5.16 Å². The Morgan fingerprint density at radius 2 is 2.29 bits per heavy atom. The second kappa shape index (κ2) is 9.12. The molecule has 1 rings (SSSR count). The van der Waals surface area contributed by atoms with Gasteiger partial charge in [0.1, 0.15) is 5.76 Å². The molecule has 0 spiro atoms. The third kappa shape index (κ3) is 7.06. The van der Waals surface area contributed by atoms with Crippen LogP contribution in [0.5, 0.6) is 0 Å². The summed E-state index contributed by atoms with van der Waals surface area (Å²) in [4.78, 5) is 0. The molecular weight excluding hydrogens is 224 g/mol. The van der Waals surface area contributed by atoms with Crippen LogP contribution in [0.3, 0.4) is 0 Å². The first-order chi connectivity index (χ1) is 8.33. The van der Waals surface area contributed by atoms with Crippen LogP contribution in [0, 0.1) is 0 Å². The molecule has 0 aliphatic rings.